The van der Waals surface area contributed by atoms with Gasteiger partial charge < -0.3 is 14.8 Å². The molecule has 0 spiro atoms. The van der Waals surface area contributed by atoms with Crippen LogP contribution in [0.3, 0.4) is 0 Å². The van der Waals surface area contributed by atoms with Crippen molar-refractivity contribution in [2.75, 3.05) is 13.2 Å². The van der Waals surface area contributed by atoms with Gasteiger partial charge in [0.15, 0.2) is 0 Å². The first-order chi connectivity index (χ1) is 11.8. The van der Waals surface area contributed by atoms with Crippen LogP contribution in [0.2, 0.25) is 0 Å². The summed E-state index contributed by atoms with van der Waals surface area (Å²) in [6, 6.07) is 15.9. The highest BCUT2D eigenvalue weighted by Gasteiger charge is 2.28. The molecule has 1 fully saturated rings. The SMILES string of the molecule is O=C(CC1c2ccccc2Oc2ccccc21)NCC1CCCO1. The van der Waals surface area contributed by atoms with Crippen LogP contribution in [0.1, 0.15) is 36.3 Å². The summed E-state index contributed by atoms with van der Waals surface area (Å²) in [5.41, 5.74) is 2.15. The molecule has 2 aromatic rings. The van der Waals surface area contributed by atoms with Crippen molar-refractivity contribution in [1.82, 2.24) is 5.32 Å². The van der Waals surface area contributed by atoms with E-state index >= 15 is 0 Å². The van der Waals surface area contributed by atoms with Crippen molar-refractivity contribution in [1.29, 1.82) is 0 Å². The number of carbonyl (C=O) groups excluding carboxylic acids is 1. The van der Waals surface area contributed by atoms with Gasteiger partial charge in [0.1, 0.15) is 11.5 Å². The minimum absolute atomic E-state index is 0.0237. The van der Waals surface area contributed by atoms with Crippen LogP contribution in [0.25, 0.3) is 0 Å². The lowest BCUT2D eigenvalue weighted by Crippen LogP contribution is -2.33. The average molecular weight is 323 g/mol. The molecule has 1 N–H and O–H groups in total. The molecule has 1 saturated heterocycles. The summed E-state index contributed by atoms with van der Waals surface area (Å²) < 4.78 is 11.5. The number of carbonyl (C=O) groups is 1. The molecule has 1 amide bonds. The number of benzene rings is 2. The lowest BCUT2D eigenvalue weighted by Gasteiger charge is -2.28. The second-order valence-electron chi connectivity index (χ2n) is 6.37. The van der Waals surface area contributed by atoms with Crippen LogP contribution < -0.4 is 10.1 Å². The number of ether oxygens (including phenoxy) is 2. The first kappa shape index (κ1) is 15.2. The van der Waals surface area contributed by atoms with Crippen LogP contribution in [-0.2, 0) is 9.53 Å². The molecule has 2 aliphatic rings. The van der Waals surface area contributed by atoms with Crippen molar-refractivity contribution in [3.05, 3.63) is 59.7 Å². The minimum atomic E-state index is 0.0237. The van der Waals surface area contributed by atoms with Gasteiger partial charge in [-0.25, -0.2) is 0 Å². The van der Waals surface area contributed by atoms with Gasteiger partial charge in [-0.3, -0.25) is 4.79 Å². The van der Waals surface area contributed by atoms with Gasteiger partial charge in [0.05, 0.1) is 6.10 Å². The molecule has 0 aliphatic carbocycles. The quantitative estimate of drug-likeness (QED) is 0.935. The standard InChI is InChI=1S/C20H21NO3/c22-20(21-13-14-6-5-11-23-14)12-17-15-7-1-3-9-18(15)24-19-10-4-2-8-16(17)19/h1-4,7-10,14,17H,5-6,11-13H2,(H,21,22). The van der Waals surface area contributed by atoms with E-state index in [4.69, 9.17) is 9.47 Å². The van der Waals surface area contributed by atoms with Crippen LogP contribution in [-0.4, -0.2) is 25.2 Å². The molecule has 0 bridgehead atoms. The van der Waals surface area contributed by atoms with Gasteiger partial charge in [-0.1, -0.05) is 36.4 Å². The van der Waals surface area contributed by atoms with E-state index in [0.717, 1.165) is 42.1 Å². The van der Waals surface area contributed by atoms with Crippen molar-refractivity contribution in [2.45, 2.75) is 31.3 Å². The normalized spacial score (nSPS) is 19.2. The van der Waals surface area contributed by atoms with Crippen LogP contribution in [0.15, 0.2) is 48.5 Å². The monoisotopic (exact) mass is 323 g/mol. The molecule has 2 heterocycles. The van der Waals surface area contributed by atoms with Crippen molar-refractivity contribution >= 4 is 5.91 Å². The average Bonchev–Trinajstić information content (AvgIpc) is 3.13. The van der Waals surface area contributed by atoms with Crippen molar-refractivity contribution < 1.29 is 14.3 Å². The topological polar surface area (TPSA) is 47.6 Å². The lowest BCUT2D eigenvalue weighted by molar-refractivity contribution is -0.121. The Hall–Kier alpha value is -2.33. The third kappa shape index (κ3) is 3.02. The Morgan fingerprint density at radius 1 is 1.04 bits per heavy atom. The Morgan fingerprint density at radius 2 is 1.71 bits per heavy atom. The largest absolute Gasteiger partial charge is 0.457 e. The number of fused-ring (bicyclic) bond motifs is 2. The van der Waals surface area contributed by atoms with Gasteiger partial charge in [0.2, 0.25) is 5.91 Å². The Bertz CT molecular complexity index is 692. The fourth-order valence-electron chi connectivity index (χ4n) is 3.52. The van der Waals surface area contributed by atoms with E-state index in [9.17, 15) is 4.79 Å². The molecule has 4 nitrogen and oxygen atoms in total. The minimum Gasteiger partial charge on any atom is -0.457 e. The zero-order valence-electron chi connectivity index (χ0n) is 13.5. The van der Waals surface area contributed by atoms with Crippen molar-refractivity contribution in [2.24, 2.45) is 0 Å². The van der Waals surface area contributed by atoms with Crippen LogP contribution in [0.4, 0.5) is 0 Å². The number of amides is 1. The van der Waals surface area contributed by atoms with E-state index in [0.29, 0.717) is 13.0 Å². The molecule has 4 rings (SSSR count). The number of hydrogen-bond donors (Lipinski definition) is 1. The molecule has 0 saturated carbocycles. The third-order valence-electron chi connectivity index (χ3n) is 4.75. The molecule has 4 heteroatoms. The van der Waals surface area contributed by atoms with Crippen molar-refractivity contribution in [3.63, 3.8) is 0 Å². The summed E-state index contributed by atoms with van der Waals surface area (Å²) in [5.74, 6) is 1.76. The second-order valence-corrected chi connectivity index (χ2v) is 6.37. The van der Waals surface area contributed by atoms with E-state index in [2.05, 4.69) is 5.32 Å². The number of para-hydroxylation sites is 2. The Morgan fingerprint density at radius 3 is 2.33 bits per heavy atom. The summed E-state index contributed by atoms with van der Waals surface area (Å²) in [6.07, 6.45) is 2.71. The zero-order valence-corrected chi connectivity index (χ0v) is 13.5. The fraction of sp³-hybridized carbons (Fsp3) is 0.350. The highest BCUT2D eigenvalue weighted by molar-refractivity contribution is 5.78. The van der Waals surface area contributed by atoms with Gasteiger partial charge in [-0.2, -0.15) is 0 Å². The molecular formula is C20H21NO3. The molecule has 1 atom stereocenters. The number of hydrogen-bond acceptors (Lipinski definition) is 3. The van der Waals surface area contributed by atoms with Crippen LogP contribution >= 0.6 is 0 Å². The Kier molecular flexibility index (Phi) is 4.22. The molecule has 2 aliphatic heterocycles. The Balaban J connectivity index is 1.52. The molecule has 24 heavy (non-hydrogen) atoms. The molecule has 2 aromatic carbocycles. The molecule has 1 unspecified atom stereocenters. The maximum absolute atomic E-state index is 12.5. The molecular weight excluding hydrogens is 302 g/mol. The second kappa shape index (κ2) is 6.65. The Labute approximate surface area is 141 Å². The third-order valence-corrected chi connectivity index (χ3v) is 4.75. The van der Waals surface area contributed by atoms with Gasteiger partial charge in [0, 0.05) is 36.6 Å². The number of rotatable bonds is 4. The van der Waals surface area contributed by atoms with Gasteiger partial charge in [0.25, 0.3) is 0 Å². The summed E-state index contributed by atoms with van der Waals surface area (Å²) >= 11 is 0. The van der Waals surface area contributed by atoms with Gasteiger partial charge >= 0.3 is 0 Å². The summed E-state index contributed by atoms with van der Waals surface area (Å²) in [4.78, 5) is 12.5. The first-order valence-corrected chi connectivity index (χ1v) is 8.55. The van der Waals surface area contributed by atoms with E-state index in [1.165, 1.54) is 0 Å². The lowest BCUT2D eigenvalue weighted by atomic mass is 9.85. The maximum Gasteiger partial charge on any atom is 0.221 e. The maximum atomic E-state index is 12.5. The first-order valence-electron chi connectivity index (χ1n) is 8.55. The van der Waals surface area contributed by atoms with E-state index in [1.807, 2.05) is 48.5 Å². The molecule has 0 radical (unpaired) electrons. The van der Waals surface area contributed by atoms with Crippen LogP contribution in [0, 0.1) is 0 Å². The zero-order chi connectivity index (χ0) is 16.4. The van der Waals surface area contributed by atoms with E-state index in [-0.39, 0.29) is 17.9 Å². The smallest absolute Gasteiger partial charge is 0.221 e. The molecule has 0 aromatic heterocycles. The van der Waals surface area contributed by atoms with E-state index < -0.39 is 0 Å². The summed E-state index contributed by atoms with van der Waals surface area (Å²) in [5, 5.41) is 3.03. The molecule has 124 valence electrons. The summed E-state index contributed by atoms with van der Waals surface area (Å²) in [7, 11) is 0. The summed E-state index contributed by atoms with van der Waals surface area (Å²) in [6.45, 7) is 1.41. The van der Waals surface area contributed by atoms with Crippen molar-refractivity contribution in [3.8, 4) is 11.5 Å². The van der Waals surface area contributed by atoms with Crippen LogP contribution in [0.5, 0.6) is 11.5 Å². The van der Waals surface area contributed by atoms with E-state index in [1.54, 1.807) is 0 Å². The fourth-order valence-corrected chi connectivity index (χ4v) is 3.52. The predicted octanol–water partition coefficient (Wildman–Crippen LogP) is 3.61. The highest BCUT2D eigenvalue weighted by Crippen LogP contribution is 2.45. The van der Waals surface area contributed by atoms with Gasteiger partial charge in [-0.15, -0.1) is 0 Å². The number of nitrogens with one attached hydrogen (secondary N) is 1. The predicted molar refractivity (Wildman–Crippen MR) is 91.4 cm³/mol. The van der Waals surface area contributed by atoms with Gasteiger partial charge in [-0.05, 0) is 25.0 Å². The highest BCUT2D eigenvalue weighted by atomic mass is 16.5.